The third-order valence-corrected chi connectivity index (χ3v) is 4.32. The molecule has 1 aromatic heterocycles. The summed E-state index contributed by atoms with van der Waals surface area (Å²) in [6, 6.07) is 2.31. The van der Waals surface area contributed by atoms with Crippen LogP contribution < -0.4 is 11.3 Å². The molecule has 3 nitrogen and oxygen atoms in total. The maximum atomic E-state index is 6.17. The number of nitrogens with zero attached hydrogens (tertiary/aromatic N) is 1. The van der Waals surface area contributed by atoms with Crippen molar-refractivity contribution in [3.63, 3.8) is 0 Å². The van der Waals surface area contributed by atoms with Crippen molar-refractivity contribution in [2.75, 3.05) is 0 Å². The SMILES string of the molecule is NNC(Cc1ccncc1Cl)C1CCCCCC1. The quantitative estimate of drug-likeness (QED) is 0.501. The van der Waals surface area contributed by atoms with Gasteiger partial charge in [-0.05, 0) is 36.8 Å². The second-order valence-corrected chi connectivity index (χ2v) is 5.60. The van der Waals surface area contributed by atoms with E-state index in [1.807, 2.05) is 6.07 Å². The number of rotatable bonds is 4. The lowest BCUT2D eigenvalue weighted by atomic mass is 9.88. The van der Waals surface area contributed by atoms with Crippen molar-refractivity contribution in [3.05, 3.63) is 29.0 Å². The van der Waals surface area contributed by atoms with Crippen LogP contribution in [0.4, 0.5) is 0 Å². The number of hydrogen-bond acceptors (Lipinski definition) is 3. The molecule has 2 rings (SSSR count). The highest BCUT2D eigenvalue weighted by atomic mass is 35.5. The fourth-order valence-electron chi connectivity index (χ4n) is 2.88. The summed E-state index contributed by atoms with van der Waals surface area (Å²) in [6.45, 7) is 0. The molecule has 18 heavy (non-hydrogen) atoms. The largest absolute Gasteiger partial charge is 0.271 e. The Morgan fingerprint density at radius 3 is 2.67 bits per heavy atom. The standard InChI is InChI=1S/C14H22ClN3/c15-13-10-17-8-7-12(13)9-14(18-16)11-5-3-1-2-4-6-11/h7-8,10-11,14,18H,1-6,9,16H2. The molecule has 1 aromatic rings. The zero-order chi connectivity index (χ0) is 12.8. The predicted molar refractivity (Wildman–Crippen MR) is 75.3 cm³/mol. The molecule has 3 N–H and O–H groups in total. The van der Waals surface area contributed by atoms with E-state index in [1.54, 1.807) is 12.4 Å². The van der Waals surface area contributed by atoms with Crippen molar-refractivity contribution < 1.29 is 0 Å². The maximum absolute atomic E-state index is 6.17. The molecule has 1 heterocycles. The molecule has 0 saturated heterocycles. The molecule has 1 unspecified atom stereocenters. The van der Waals surface area contributed by atoms with Crippen LogP contribution in [0.15, 0.2) is 18.5 Å². The van der Waals surface area contributed by atoms with Crippen molar-refractivity contribution in [3.8, 4) is 0 Å². The summed E-state index contributed by atoms with van der Waals surface area (Å²) < 4.78 is 0. The zero-order valence-electron chi connectivity index (χ0n) is 10.7. The van der Waals surface area contributed by atoms with Gasteiger partial charge in [0.05, 0.1) is 5.02 Å². The van der Waals surface area contributed by atoms with E-state index < -0.39 is 0 Å². The van der Waals surface area contributed by atoms with E-state index in [1.165, 1.54) is 38.5 Å². The molecule has 0 aromatic carbocycles. The number of nitrogens with one attached hydrogen (secondary N) is 1. The zero-order valence-corrected chi connectivity index (χ0v) is 11.5. The first-order chi connectivity index (χ1) is 8.81. The second kappa shape index (κ2) is 7.07. The lowest BCUT2D eigenvalue weighted by Crippen LogP contribution is -2.42. The van der Waals surface area contributed by atoms with Gasteiger partial charge in [0, 0.05) is 18.4 Å². The monoisotopic (exact) mass is 267 g/mol. The first-order valence-corrected chi connectivity index (χ1v) is 7.23. The molecule has 1 atom stereocenters. The van der Waals surface area contributed by atoms with Gasteiger partial charge in [0.1, 0.15) is 0 Å². The van der Waals surface area contributed by atoms with Gasteiger partial charge < -0.3 is 0 Å². The highest BCUT2D eigenvalue weighted by molar-refractivity contribution is 6.31. The van der Waals surface area contributed by atoms with Gasteiger partial charge in [-0.15, -0.1) is 0 Å². The first kappa shape index (κ1) is 13.8. The lowest BCUT2D eigenvalue weighted by Gasteiger charge is -2.25. The summed E-state index contributed by atoms with van der Waals surface area (Å²) in [5.74, 6) is 6.41. The Morgan fingerprint density at radius 2 is 2.06 bits per heavy atom. The van der Waals surface area contributed by atoms with Crippen molar-refractivity contribution in [1.29, 1.82) is 0 Å². The Bertz CT molecular complexity index is 362. The molecule has 0 aliphatic heterocycles. The van der Waals surface area contributed by atoms with E-state index in [2.05, 4.69) is 10.4 Å². The molecular weight excluding hydrogens is 246 g/mol. The van der Waals surface area contributed by atoms with Crippen LogP contribution in [0.3, 0.4) is 0 Å². The predicted octanol–water partition coefficient (Wildman–Crippen LogP) is 3.08. The molecule has 1 aliphatic rings. The summed E-state index contributed by atoms with van der Waals surface area (Å²) in [5.41, 5.74) is 4.13. The highest BCUT2D eigenvalue weighted by Gasteiger charge is 2.22. The molecule has 0 bridgehead atoms. The van der Waals surface area contributed by atoms with Gasteiger partial charge in [-0.25, -0.2) is 0 Å². The molecule has 1 saturated carbocycles. The molecular formula is C14H22ClN3. The summed E-state index contributed by atoms with van der Waals surface area (Å²) in [5, 5.41) is 0.742. The number of halogens is 1. The normalized spacial score (nSPS) is 19.4. The molecule has 1 fully saturated rings. The number of nitrogens with two attached hydrogens (primary N) is 1. The molecule has 0 amide bonds. The van der Waals surface area contributed by atoms with Crippen LogP contribution in [0.2, 0.25) is 5.02 Å². The maximum Gasteiger partial charge on any atom is 0.0621 e. The van der Waals surface area contributed by atoms with Crippen LogP contribution in [-0.2, 0) is 6.42 Å². The summed E-state index contributed by atoms with van der Waals surface area (Å²) in [4.78, 5) is 4.02. The highest BCUT2D eigenvalue weighted by Crippen LogP contribution is 2.28. The molecule has 1 aliphatic carbocycles. The lowest BCUT2D eigenvalue weighted by molar-refractivity contribution is 0.320. The number of pyridine rings is 1. The van der Waals surface area contributed by atoms with Crippen LogP contribution >= 0.6 is 11.6 Å². The Morgan fingerprint density at radius 1 is 1.33 bits per heavy atom. The van der Waals surface area contributed by atoms with E-state index >= 15 is 0 Å². The van der Waals surface area contributed by atoms with Gasteiger partial charge in [0.15, 0.2) is 0 Å². The summed E-state index contributed by atoms with van der Waals surface area (Å²) in [6.07, 6.45) is 12.3. The Hall–Kier alpha value is -0.640. The molecule has 100 valence electrons. The topological polar surface area (TPSA) is 50.9 Å². The number of hydrogen-bond donors (Lipinski definition) is 2. The van der Waals surface area contributed by atoms with Gasteiger partial charge in [0.25, 0.3) is 0 Å². The van der Waals surface area contributed by atoms with Crippen LogP contribution in [0.1, 0.15) is 44.1 Å². The Labute approximate surface area is 114 Å². The van der Waals surface area contributed by atoms with Crippen LogP contribution in [0.5, 0.6) is 0 Å². The van der Waals surface area contributed by atoms with E-state index in [-0.39, 0.29) is 0 Å². The van der Waals surface area contributed by atoms with E-state index in [0.29, 0.717) is 12.0 Å². The van der Waals surface area contributed by atoms with Crippen molar-refractivity contribution in [1.82, 2.24) is 10.4 Å². The first-order valence-electron chi connectivity index (χ1n) is 6.86. The molecule has 0 spiro atoms. The van der Waals surface area contributed by atoms with Crippen molar-refractivity contribution in [2.45, 2.75) is 51.0 Å². The van der Waals surface area contributed by atoms with Crippen LogP contribution in [0, 0.1) is 5.92 Å². The van der Waals surface area contributed by atoms with Crippen LogP contribution in [-0.4, -0.2) is 11.0 Å². The fraction of sp³-hybridized carbons (Fsp3) is 0.643. The van der Waals surface area contributed by atoms with E-state index in [4.69, 9.17) is 17.4 Å². The van der Waals surface area contributed by atoms with Gasteiger partial charge >= 0.3 is 0 Å². The van der Waals surface area contributed by atoms with Crippen molar-refractivity contribution in [2.24, 2.45) is 11.8 Å². The van der Waals surface area contributed by atoms with Gasteiger partial charge in [-0.3, -0.25) is 16.3 Å². The minimum absolute atomic E-state index is 0.322. The average Bonchev–Trinajstić information content (AvgIpc) is 2.67. The minimum atomic E-state index is 0.322. The van der Waals surface area contributed by atoms with Crippen molar-refractivity contribution >= 4 is 11.6 Å². The van der Waals surface area contributed by atoms with Gasteiger partial charge in [-0.2, -0.15) is 0 Å². The third-order valence-electron chi connectivity index (χ3n) is 3.98. The minimum Gasteiger partial charge on any atom is -0.271 e. The summed E-state index contributed by atoms with van der Waals surface area (Å²) in [7, 11) is 0. The Balaban J connectivity index is 2.02. The van der Waals surface area contributed by atoms with Crippen LogP contribution in [0.25, 0.3) is 0 Å². The average molecular weight is 268 g/mol. The van der Waals surface area contributed by atoms with E-state index in [0.717, 1.165) is 17.0 Å². The van der Waals surface area contributed by atoms with Gasteiger partial charge in [-0.1, -0.05) is 37.3 Å². The fourth-order valence-corrected chi connectivity index (χ4v) is 3.08. The second-order valence-electron chi connectivity index (χ2n) is 5.20. The third kappa shape index (κ3) is 3.67. The van der Waals surface area contributed by atoms with Gasteiger partial charge in [0.2, 0.25) is 0 Å². The molecule has 0 radical (unpaired) electrons. The summed E-state index contributed by atoms with van der Waals surface area (Å²) >= 11 is 6.17. The Kier molecular flexibility index (Phi) is 5.42. The number of aromatic nitrogens is 1. The number of hydrazine groups is 1. The van der Waals surface area contributed by atoms with E-state index in [9.17, 15) is 0 Å². The smallest absolute Gasteiger partial charge is 0.0621 e. The molecule has 4 heteroatoms.